The van der Waals surface area contributed by atoms with Crippen molar-refractivity contribution in [2.24, 2.45) is 0 Å². The van der Waals surface area contributed by atoms with E-state index >= 15 is 0 Å². The van der Waals surface area contributed by atoms with E-state index in [4.69, 9.17) is 5.11 Å². The first kappa shape index (κ1) is 14.5. The molecule has 6 nitrogen and oxygen atoms in total. The van der Waals surface area contributed by atoms with Crippen molar-refractivity contribution in [1.82, 2.24) is 4.98 Å². The summed E-state index contributed by atoms with van der Waals surface area (Å²) in [5.41, 5.74) is 3.08. The van der Waals surface area contributed by atoms with E-state index in [2.05, 4.69) is 15.6 Å². The number of carboxylic acids is 1. The number of nitrogens with zero attached hydrogens (tertiary/aromatic N) is 1. The van der Waals surface area contributed by atoms with Crippen LogP contribution < -0.4 is 10.6 Å². The minimum atomic E-state index is -1.10. The number of hydrogen-bond donors (Lipinski definition) is 3. The first-order chi connectivity index (χ1) is 9.95. The molecule has 1 aromatic heterocycles. The van der Waals surface area contributed by atoms with Gasteiger partial charge in [-0.05, 0) is 31.5 Å². The molecule has 108 valence electrons. The molecule has 2 amide bonds. The molecule has 0 radical (unpaired) electrons. The lowest BCUT2D eigenvalue weighted by Gasteiger charge is -2.10. The standard InChI is InChI=1S/C15H15N3O3/c1-9-3-4-13(10(2)5-9)18-15(21)17-12-6-11(14(19)20)7-16-8-12/h3-8H,1-2H3,(H,19,20)(H2,17,18,21). The van der Waals surface area contributed by atoms with Gasteiger partial charge in [0, 0.05) is 11.9 Å². The third kappa shape index (κ3) is 3.79. The summed E-state index contributed by atoms with van der Waals surface area (Å²) in [5.74, 6) is -1.10. The summed E-state index contributed by atoms with van der Waals surface area (Å²) < 4.78 is 0. The summed E-state index contributed by atoms with van der Waals surface area (Å²) in [6.07, 6.45) is 2.60. The number of carbonyl (C=O) groups is 2. The van der Waals surface area contributed by atoms with Crippen molar-refractivity contribution in [3.05, 3.63) is 53.3 Å². The molecular formula is C15H15N3O3. The summed E-state index contributed by atoms with van der Waals surface area (Å²) in [5, 5.41) is 14.1. The quantitative estimate of drug-likeness (QED) is 0.808. The molecule has 0 fully saturated rings. The molecule has 0 atom stereocenters. The Kier molecular flexibility index (Phi) is 4.18. The molecule has 2 rings (SSSR count). The van der Waals surface area contributed by atoms with Gasteiger partial charge in [-0.1, -0.05) is 17.7 Å². The first-order valence-corrected chi connectivity index (χ1v) is 6.29. The van der Waals surface area contributed by atoms with E-state index in [1.807, 2.05) is 32.0 Å². The third-order valence-electron chi connectivity index (χ3n) is 2.87. The lowest BCUT2D eigenvalue weighted by molar-refractivity contribution is 0.0696. The van der Waals surface area contributed by atoms with Crippen LogP contribution in [0.15, 0.2) is 36.7 Å². The van der Waals surface area contributed by atoms with E-state index in [9.17, 15) is 9.59 Å². The van der Waals surface area contributed by atoms with Gasteiger partial charge in [0.25, 0.3) is 0 Å². The fourth-order valence-corrected chi connectivity index (χ4v) is 1.86. The van der Waals surface area contributed by atoms with Gasteiger partial charge in [0.2, 0.25) is 0 Å². The monoisotopic (exact) mass is 285 g/mol. The van der Waals surface area contributed by atoms with Crippen molar-refractivity contribution in [2.45, 2.75) is 13.8 Å². The van der Waals surface area contributed by atoms with Crippen LogP contribution in [0.2, 0.25) is 0 Å². The lowest BCUT2D eigenvalue weighted by atomic mass is 10.1. The zero-order valence-electron chi connectivity index (χ0n) is 11.7. The summed E-state index contributed by atoms with van der Waals surface area (Å²) in [6, 6.07) is 6.57. The number of carboxylic acid groups (broad SMARTS) is 1. The zero-order chi connectivity index (χ0) is 15.4. The molecule has 0 unspecified atom stereocenters. The Hall–Kier alpha value is -2.89. The SMILES string of the molecule is Cc1ccc(NC(=O)Nc2cncc(C(=O)O)c2)c(C)c1. The highest BCUT2D eigenvalue weighted by atomic mass is 16.4. The van der Waals surface area contributed by atoms with Crippen LogP contribution in [0.25, 0.3) is 0 Å². The fourth-order valence-electron chi connectivity index (χ4n) is 1.86. The largest absolute Gasteiger partial charge is 0.478 e. The van der Waals surface area contributed by atoms with Crippen molar-refractivity contribution in [3.63, 3.8) is 0 Å². The number of benzene rings is 1. The highest BCUT2D eigenvalue weighted by Crippen LogP contribution is 2.16. The van der Waals surface area contributed by atoms with E-state index < -0.39 is 12.0 Å². The highest BCUT2D eigenvalue weighted by molar-refractivity contribution is 6.00. The second-order valence-electron chi connectivity index (χ2n) is 4.66. The Morgan fingerprint density at radius 2 is 1.86 bits per heavy atom. The molecule has 3 N–H and O–H groups in total. The van der Waals surface area contributed by atoms with Crippen LogP contribution in [0.5, 0.6) is 0 Å². The summed E-state index contributed by atoms with van der Waals surface area (Å²) in [6.45, 7) is 3.87. The van der Waals surface area contributed by atoms with Crippen molar-refractivity contribution in [3.8, 4) is 0 Å². The number of nitrogens with one attached hydrogen (secondary N) is 2. The maximum atomic E-state index is 11.9. The van der Waals surface area contributed by atoms with E-state index in [1.165, 1.54) is 18.5 Å². The molecule has 0 saturated carbocycles. The molecular weight excluding hydrogens is 270 g/mol. The van der Waals surface area contributed by atoms with Gasteiger partial charge in [-0.25, -0.2) is 9.59 Å². The van der Waals surface area contributed by atoms with Gasteiger partial charge in [-0.2, -0.15) is 0 Å². The molecule has 0 spiro atoms. The Morgan fingerprint density at radius 3 is 2.52 bits per heavy atom. The van der Waals surface area contributed by atoms with Crippen LogP contribution in [0.4, 0.5) is 16.2 Å². The van der Waals surface area contributed by atoms with Gasteiger partial charge in [0.15, 0.2) is 0 Å². The maximum absolute atomic E-state index is 11.9. The van der Waals surface area contributed by atoms with E-state index in [1.54, 1.807) is 0 Å². The van der Waals surface area contributed by atoms with Gasteiger partial charge in [0.1, 0.15) is 0 Å². The second kappa shape index (κ2) is 6.04. The topological polar surface area (TPSA) is 91.3 Å². The number of aromatic carboxylic acids is 1. The number of rotatable bonds is 3. The van der Waals surface area contributed by atoms with E-state index in [-0.39, 0.29) is 5.56 Å². The predicted octanol–water partition coefficient (Wildman–Crippen LogP) is 3.04. The second-order valence-corrected chi connectivity index (χ2v) is 4.66. The average Bonchev–Trinajstić information content (AvgIpc) is 2.42. The molecule has 0 saturated heterocycles. The van der Waals surface area contributed by atoms with Crippen molar-refractivity contribution in [2.75, 3.05) is 10.6 Å². The van der Waals surface area contributed by atoms with Crippen LogP contribution in [0.1, 0.15) is 21.5 Å². The van der Waals surface area contributed by atoms with E-state index in [0.29, 0.717) is 11.4 Å². The highest BCUT2D eigenvalue weighted by Gasteiger charge is 2.08. The van der Waals surface area contributed by atoms with E-state index in [0.717, 1.165) is 11.1 Å². The average molecular weight is 285 g/mol. The predicted molar refractivity (Wildman–Crippen MR) is 79.8 cm³/mol. The smallest absolute Gasteiger partial charge is 0.337 e. The summed E-state index contributed by atoms with van der Waals surface area (Å²) >= 11 is 0. The van der Waals surface area contributed by atoms with Crippen LogP contribution in [-0.4, -0.2) is 22.1 Å². The lowest BCUT2D eigenvalue weighted by Crippen LogP contribution is -2.20. The van der Waals surface area contributed by atoms with Crippen LogP contribution >= 0.6 is 0 Å². The normalized spacial score (nSPS) is 10.0. The number of anilines is 2. The van der Waals surface area contributed by atoms with Gasteiger partial charge in [0.05, 0.1) is 17.4 Å². The third-order valence-corrected chi connectivity index (χ3v) is 2.87. The molecule has 21 heavy (non-hydrogen) atoms. The molecule has 1 heterocycles. The van der Waals surface area contributed by atoms with Crippen LogP contribution in [-0.2, 0) is 0 Å². The number of aromatic nitrogens is 1. The number of hydrogen-bond acceptors (Lipinski definition) is 3. The zero-order valence-corrected chi connectivity index (χ0v) is 11.7. The van der Waals surface area contributed by atoms with Crippen molar-refractivity contribution < 1.29 is 14.7 Å². The van der Waals surface area contributed by atoms with Gasteiger partial charge in [-0.15, -0.1) is 0 Å². The first-order valence-electron chi connectivity index (χ1n) is 6.29. The minimum absolute atomic E-state index is 0.0133. The molecule has 2 aromatic rings. The molecule has 0 aliphatic rings. The summed E-state index contributed by atoms with van der Waals surface area (Å²) in [7, 11) is 0. The summed E-state index contributed by atoms with van der Waals surface area (Å²) in [4.78, 5) is 26.5. The Balaban J connectivity index is 2.08. The Morgan fingerprint density at radius 1 is 1.10 bits per heavy atom. The minimum Gasteiger partial charge on any atom is -0.478 e. The van der Waals surface area contributed by atoms with Crippen molar-refractivity contribution >= 4 is 23.4 Å². The molecule has 0 aliphatic carbocycles. The molecule has 6 heteroatoms. The van der Waals surface area contributed by atoms with Gasteiger partial charge >= 0.3 is 12.0 Å². The Bertz CT molecular complexity index is 698. The molecule has 1 aromatic carbocycles. The molecule has 0 aliphatic heterocycles. The number of urea groups is 1. The number of pyridine rings is 1. The maximum Gasteiger partial charge on any atom is 0.337 e. The Labute approximate surface area is 121 Å². The fraction of sp³-hybridized carbons (Fsp3) is 0.133. The molecule has 0 bridgehead atoms. The number of carbonyl (C=O) groups excluding carboxylic acids is 1. The number of aryl methyl sites for hydroxylation is 2. The van der Waals surface area contributed by atoms with Gasteiger partial charge in [-0.3, -0.25) is 4.98 Å². The number of amides is 2. The van der Waals surface area contributed by atoms with Crippen LogP contribution in [0.3, 0.4) is 0 Å². The van der Waals surface area contributed by atoms with Crippen molar-refractivity contribution in [1.29, 1.82) is 0 Å². The van der Waals surface area contributed by atoms with Crippen LogP contribution in [0, 0.1) is 13.8 Å². The van der Waals surface area contributed by atoms with Gasteiger partial charge < -0.3 is 15.7 Å².